The number of H-pyrrole nitrogens is 1. The number of aromatic nitrogens is 1. The van der Waals surface area contributed by atoms with Crippen LogP contribution in [0.1, 0.15) is 5.56 Å². The van der Waals surface area contributed by atoms with E-state index in [0.29, 0.717) is 12.2 Å². The maximum absolute atomic E-state index is 11.5. The standard InChI is InChI=1S/C14H16N4O2/c19-13(16-9-11-6-7-15-8-11)10-17-14(20)18-12-4-2-1-3-5-12/h1-8,15H,9-10H2,(H,16,19)(H2,17,18,20). The van der Waals surface area contributed by atoms with Crippen LogP contribution in [0.5, 0.6) is 0 Å². The van der Waals surface area contributed by atoms with Gasteiger partial charge in [-0.05, 0) is 23.8 Å². The van der Waals surface area contributed by atoms with Crippen LogP contribution >= 0.6 is 0 Å². The summed E-state index contributed by atoms with van der Waals surface area (Å²) in [5.41, 5.74) is 1.66. The van der Waals surface area contributed by atoms with E-state index in [4.69, 9.17) is 0 Å². The lowest BCUT2D eigenvalue weighted by molar-refractivity contribution is -0.120. The molecule has 104 valence electrons. The molecule has 20 heavy (non-hydrogen) atoms. The van der Waals surface area contributed by atoms with Gasteiger partial charge in [0.2, 0.25) is 5.91 Å². The van der Waals surface area contributed by atoms with Crippen molar-refractivity contribution in [1.29, 1.82) is 0 Å². The maximum Gasteiger partial charge on any atom is 0.319 e. The van der Waals surface area contributed by atoms with Gasteiger partial charge < -0.3 is 20.9 Å². The van der Waals surface area contributed by atoms with Gasteiger partial charge in [0.1, 0.15) is 0 Å². The van der Waals surface area contributed by atoms with Gasteiger partial charge in [0.15, 0.2) is 0 Å². The zero-order chi connectivity index (χ0) is 14.2. The number of para-hydroxylation sites is 1. The molecule has 0 aliphatic heterocycles. The van der Waals surface area contributed by atoms with Crippen molar-refractivity contribution in [3.63, 3.8) is 0 Å². The number of amides is 3. The predicted molar refractivity (Wildman–Crippen MR) is 76.1 cm³/mol. The number of aromatic amines is 1. The van der Waals surface area contributed by atoms with Crippen LogP contribution in [0.25, 0.3) is 0 Å². The molecule has 1 heterocycles. The minimum absolute atomic E-state index is 0.0664. The summed E-state index contributed by atoms with van der Waals surface area (Å²) >= 11 is 0. The fourth-order valence-electron chi connectivity index (χ4n) is 1.59. The molecule has 0 aliphatic rings. The zero-order valence-corrected chi connectivity index (χ0v) is 10.8. The molecule has 2 rings (SSSR count). The van der Waals surface area contributed by atoms with Crippen molar-refractivity contribution in [1.82, 2.24) is 15.6 Å². The highest BCUT2D eigenvalue weighted by atomic mass is 16.2. The summed E-state index contributed by atoms with van der Waals surface area (Å²) in [6.07, 6.45) is 3.59. The van der Waals surface area contributed by atoms with E-state index in [2.05, 4.69) is 20.9 Å². The minimum Gasteiger partial charge on any atom is -0.367 e. The van der Waals surface area contributed by atoms with Gasteiger partial charge in [0.05, 0.1) is 6.54 Å². The van der Waals surface area contributed by atoms with E-state index < -0.39 is 6.03 Å². The smallest absolute Gasteiger partial charge is 0.319 e. The molecular formula is C14H16N4O2. The van der Waals surface area contributed by atoms with Gasteiger partial charge >= 0.3 is 6.03 Å². The van der Waals surface area contributed by atoms with Gasteiger partial charge in [0.25, 0.3) is 0 Å². The molecule has 1 aromatic carbocycles. The summed E-state index contributed by atoms with van der Waals surface area (Å²) < 4.78 is 0. The quantitative estimate of drug-likeness (QED) is 0.664. The SMILES string of the molecule is O=C(CNC(=O)Nc1ccccc1)NCc1cc[nH]c1. The molecule has 4 N–H and O–H groups in total. The van der Waals surface area contributed by atoms with Gasteiger partial charge in [0, 0.05) is 24.6 Å². The summed E-state index contributed by atoms with van der Waals surface area (Å²) in [6.45, 7) is 0.368. The van der Waals surface area contributed by atoms with Gasteiger partial charge in [-0.2, -0.15) is 0 Å². The van der Waals surface area contributed by atoms with Crippen molar-refractivity contribution in [2.45, 2.75) is 6.54 Å². The van der Waals surface area contributed by atoms with Crippen LogP contribution < -0.4 is 16.0 Å². The first-order valence-corrected chi connectivity index (χ1v) is 6.22. The number of rotatable bonds is 5. The summed E-state index contributed by atoms with van der Waals surface area (Å²) in [4.78, 5) is 26.0. The lowest BCUT2D eigenvalue weighted by atomic mass is 10.3. The second-order valence-electron chi connectivity index (χ2n) is 4.17. The molecule has 0 saturated carbocycles. The second-order valence-corrected chi connectivity index (χ2v) is 4.17. The van der Waals surface area contributed by atoms with Crippen LogP contribution in [0.2, 0.25) is 0 Å². The third kappa shape index (κ3) is 4.49. The highest BCUT2D eigenvalue weighted by Crippen LogP contribution is 2.03. The molecule has 6 heteroatoms. The maximum atomic E-state index is 11.5. The molecule has 0 atom stereocenters. The zero-order valence-electron chi connectivity index (χ0n) is 10.8. The average Bonchev–Trinajstić information content (AvgIpc) is 2.97. The fraction of sp³-hybridized carbons (Fsp3) is 0.143. The Bertz CT molecular complexity index is 552. The summed E-state index contributed by atoms with van der Waals surface area (Å²) in [7, 11) is 0. The molecule has 0 fully saturated rings. The average molecular weight is 272 g/mol. The summed E-state index contributed by atoms with van der Waals surface area (Å²) in [5, 5.41) is 7.83. The van der Waals surface area contributed by atoms with E-state index in [1.54, 1.807) is 24.5 Å². The molecule has 0 saturated heterocycles. The number of nitrogens with one attached hydrogen (secondary N) is 4. The molecule has 0 bridgehead atoms. The molecule has 0 unspecified atom stereocenters. The van der Waals surface area contributed by atoms with E-state index >= 15 is 0 Å². The molecule has 3 amide bonds. The van der Waals surface area contributed by atoms with Crippen molar-refractivity contribution >= 4 is 17.6 Å². The third-order valence-corrected chi connectivity index (χ3v) is 2.59. The molecule has 0 aliphatic carbocycles. The molecule has 1 aromatic heterocycles. The van der Waals surface area contributed by atoms with Crippen LogP contribution in [0.15, 0.2) is 48.8 Å². The van der Waals surface area contributed by atoms with Crippen LogP contribution in [-0.2, 0) is 11.3 Å². The molecular weight excluding hydrogens is 256 g/mol. The van der Waals surface area contributed by atoms with Crippen LogP contribution in [0, 0.1) is 0 Å². The Morgan fingerprint density at radius 1 is 1.05 bits per heavy atom. The normalized spacial score (nSPS) is 9.80. The number of carbonyl (C=O) groups is 2. The molecule has 0 spiro atoms. The van der Waals surface area contributed by atoms with Crippen LogP contribution in [0.4, 0.5) is 10.5 Å². The van der Waals surface area contributed by atoms with Crippen molar-refractivity contribution in [3.05, 3.63) is 54.4 Å². The molecule has 2 aromatic rings. The first-order valence-electron chi connectivity index (χ1n) is 6.22. The van der Waals surface area contributed by atoms with Crippen LogP contribution in [0.3, 0.4) is 0 Å². The predicted octanol–water partition coefficient (Wildman–Crippen LogP) is 1.45. The number of hydrogen-bond acceptors (Lipinski definition) is 2. The van der Waals surface area contributed by atoms with Crippen molar-refractivity contribution in [2.75, 3.05) is 11.9 Å². The summed E-state index contributed by atoms with van der Waals surface area (Å²) in [6, 6.07) is 10.5. The van der Waals surface area contributed by atoms with Crippen molar-refractivity contribution in [3.8, 4) is 0 Å². The lowest BCUT2D eigenvalue weighted by Crippen LogP contribution is -2.38. The topological polar surface area (TPSA) is 86.0 Å². The Hall–Kier alpha value is -2.76. The van der Waals surface area contributed by atoms with Gasteiger partial charge in [-0.15, -0.1) is 0 Å². The largest absolute Gasteiger partial charge is 0.367 e. The van der Waals surface area contributed by atoms with E-state index in [0.717, 1.165) is 5.56 Å². The van der Waals surface area contributed by atoms with E-state index in [9.17, 15) is 9.59 Å². The Balaban J connectivity index is 1.66. The van der Waals surface area contributed by atoms with Gasteiger partial charge in [-0.1, -0.05) is 18.2 Å². The second kappa shape index (κ2) is 6.98. The van der Waals surface area contributed by atoms with E-state index in [1.165, 1.54) is 0 Å². The number of benzene rings is 1. The monoisotopic (exact) mass is 272 g/mol. The Kier molecular flexibility index (Phi) is 4.77. The summed E-state index contributed by atoms with van der Waals surface area (Å²) in [5.74, 6) is -0.241. The van der Waals surface area contributed by atoms with Gasteiger partial charge in [-0.3, -0.25) is 4.79 Å². The highest BCUT2D eigenvalue weighted by Gasteiger charge is 2.05. The number of urea groups is 1. The van der Waals surface area contributed by atoms with E-state index in [1.807, 2.05) is 24.3 Å². The first kappa shape index (κ1) is 13.7. The highest BCUT2D eigenvalue weighted by molar-refractivity contribution is 5.92. The third-order valence-electron chi connectivity index (χ3n) is 2.59. The first-order chi connectivity index (χ1) is 9.74. The Morgan fingerprint density at radius 2 is 1.85 bits per heavy atom. The van der Waals surface area contributed by atoms with Crippen molar-refractivity contribution < 1.29 is 9.59 Å². The lowest BCUT2D eigenvalue weighted by Gasteiger charge is -2.07. The Labute approximate surface area is 116 Å². The fourth-order valence-corrected chi connectivity index (χ4v) is 1.59. The van der Waals surface area contributed by atoms with E-state index in [-0.39, 0.29) is 12.5 Å². The Morgan fingerprint density at radius 3 is 2.55 bits per heavy atom. The number of anilines is 1. The number of carbonyl (C=O) groups excluding carboxylic acids is 2. The van der Waals surface area contributed by atoms with Crippen LogP contribution in [-0.4, -0.2) is 23.5 Å². The minimum atomic E-state index is -0.409. The molecule has 0 radical (unpaired) electrons. The van der Waals surface area contributed by atoms with Gasteiger partial charge in [-0.25, -0.2) is 4.79 Å². The van der Waals surface area contributed by atoms with Crippen molar-refractivity contribution in [2.24, 2.45) is 0 Å². The molecule has 6 nitrogen and oxygen atoms in total. The number of hydrogen-bond donors (Lipinski definition) is 4.